The Bertz CT molecular complexity index is 1150. The van der Waals surface area contributed by atoms with Gasteiger partial charge in [-0.25, -0.2) is 4.98 Å². The van der Waals surface area contributed by atoms with Crippen LogP contribution in [0, 0.1) is 6.92 Å². The number of rotatable bonds is 7. The Morgan fingerprint density at radius 1 is 1.35 bits per heavy atom. The molecule has 2 aromatic heterocycles. The molecule has 0 radical (unpaired) electrons. The molecule has 3 rings (SSSR count). The number of likely N-dealkylation sites (N-methyl/N-ethyl adjacent to an activating group) is 1. The van der Waals surface area contributed by atoms with Gasteiger partial charge < -0.3 is 15.0 Å². The number of pyridine rings is 1. The Morgan fingerprint density at radius 2 is 2.10 bits per heavy atom. The zero-order valence-corrected chi connectivity index (χ0v) is 21.1. The summed E-state index contributed by atoms with van der Waals surface area (Å²) in [5.74, 6) is 0.421. The third kappa shape index (κ3) is 5.14. The fraction of sp³-hybridized carbons (Fsp3) is 0.286. The lowest BCUT2D eigenvalue weighted by atomic mass is 10.2. The van der Waals surface area contributed by atoms with Crippen molar-refractivity contribution in [3.63, 3.8) is 0 Å². The van der Waals surface area contributed by atoms with E-state index < -0.39 is 0 Å². The zero-order valence-electron chi connectivity index (χ0n) is 17.2. The molecule has 1 N–H and O–H groups in total. The summed E-state index contributed by atoms with van der Waals surface area (Å²) in [7, 11) is 1.66. The van der Waals surface area contributed by atoms with Crippen LogP contribution in [-0.2, 0) is 11.4 Å². The van der Waals surface area contributed by atoms with E-state index in [4.69, 9.17) is 40.2 Å². The molecule has 0 fully saturated rings. The number of ether oxygens (including phenoxy) is 1. The lowest BCUT2D eigenvalue weighted by Gasteiger charge is -2.21. The van der Waals surface area contributed by atoms with Crippen LogP contribution in [0.2, 0.25) is 10.0 Å². The van der Waals surface area contributed by atoms with Crippen LogP contribution in [0.1, 0.15) is 24.6 Å². The molecule has 6 nitrogen and oxygen atoms in total. The SMILES string of the molecule is CCC(=S)NCC(=O)N(C)c1ccc(Cl)c(COc2cccn3c(Br)c(C)nc23)c1Cl. The van der Waals surface area contributed by atoms with Crippen molar-refractivity contribution in [2.75, 3.05) is 18.5 Å². The average Bonchev–Trinajstić information content (AvgIpc) is 3.05. The molecule has 164 valence electrons. The quantitative estimate of drug-likeness (QED) is 0.394. The highest BCUT2D eigenvalue weighted by molar-refractivity contribution is 9.10. The largest absolute Gasteiger partial charge is 0.485 e. The van der Waals surface area contributed by atoms with Crippen molar-refractivity contribution in [3.8, 4) is 5.75 Å². The van der Waals surface area contributed by atoms with E-state index in [0.29, 0.717) is 44.1 Å². The van der Waals surface area contributed by atoms with Gasteiger partial charge in [-0.05, 0) is 53.5 Å². The van der Waals surface area contributed by atoms with Crippen molar-refractivity contribution in [3.05, 3.63) is 56.4 Å². The summed E-state index contributed by atoms with van der Waals surface area (Å²) in [5.41, 5.74) is 2.66. The zero-order chi connectivity index (χ0) is 22.7. The molecule has 10 heteroatoms. The number of anilines is 1. The Hall–Kier alpha value is -1.87. The number of amides is 1. The van der Waals surface area contributed by atoms with Gasteiger partial charge in [0.1, 0.15) is 11.2 Å². The molecule has 0 saturated heterocycles. The molecule has 0 saturated carbocycles. The van der Waals surface area contributed by atoms with Crippen LogP contribution in [0.3, 0.4) is 0 Å². The summed E-state index contributed by atoms with van der Waals surface area (Å²) in [6.07, 6.45) is 2.57. The molecule has 0 bridgehead atoms. The molecule has 31 heavy (non-hydrogen) atoms. The second-order valence-electron chi connectivity index (χ2n) is 6.78. The van der Waals surface area contributed by atoms with E-state index in [1.54, 1.807) is 19.2 Å². The van der Waals surface area contributed by atoms with Crippen molar-refractivity contribution in [1.82, 2.24) is 14.7 Å². The maximum atomic E-state index is 12.5. The second kappa shape index (κ2) is 10.2. The first-order valence-electron chi connectivity index (χ1n) is 9.50. The fourth-order valence-electron chi connectivity index (χ4n) is 2.92. The van der Waals surface area contributed by atoms with Crippen LogP contribution >= 0.6 is 51.3 Å². The van der Waals surface area contributed by atoms with E-state index in [1.165, 1.54) is 4.90 Å². The van der Waals surface area contributed by atoms with E-state index in [1.807, 2.05) is 36.6 Å². The lowest BCUT2D eigenvalue weighted by molar-refractivity contribution is -0.117. The molecule has 0 aliphatic heterocycles. The standard InChI is InChI=1S/C21H21BrCl2N4O2S/c1-4-17(31)25-10-18(29)27(3)15-8-7-14(23)13(19(15)24)11-30-16-6-5-9-28-20(22)12(2)26-21(16)28/h5-9H,4,10-11H2,1-3H3,(H,25,31). The van der Waals surface area contributed by atoms with E-state index in [0.717, 1.165) is 10.3 Å². The van der Waals surface area contributed by atoms with Gasteiger partial charge in [-0.2, -0.15) is 0 Å². The number of hydrogen-bond donors (Lipinski definition) is 1. The first kappa shape index (κ1) is 23.8. The minimum absolute atomic E-state index is 0.0874. The van der Waals surface area contributed by atoms with E-state index >= 15 is 0 Å². The van der Waals surface area contributed by atoms with Gasteiger partial charge in [0.25, 0.3) is 0 Å². The fourth-order valence-corrected chi connectivity index (χ4v) is 3.97. The molecule has 0 atom stereocenters. The molecule has 2 heterocycles. The monoisotopic (exact) mass is 542 g/mol. The Morgan fingerprint density at radius 3 is 2.81 bits per heavy atom. The number of carbonyl (C=O) groups excluding carboxylic acids is 1. The van der Waals surface area contributed by atoms with Crippen molar-refractivity contribution in [2.45, 2.75) is 26.9 Å². The van der Waals surface area contributed by atoms with Gasteiger partial charge in [-0.15, -0.1) is 0 Å². The number of thiocarbonyl (C=S) groups is 1. The van der Waals surface area contributed by atoms with Crippen LogP contribution in [0.5, 0.6) is 5.75 Å². The van der Waals surface area contributed by atoms with Crippen LogP contribution in [-0.4, -0.2) is 33.9 Å². The molecular weight excluding hydrogens is 523 g/mol. The molecule has 3 aromatic rings. The highest BCUT2D eigenvalue weighted by atomic mass is 79.9. The normalized spacial score (nSPS) is 10.9. The van der Waals surface area contributed by atoms with Gasteiger partial charge in [0, 0.05) is 23.8 Å². The first-order chi connectivity index (χ1) is 14.7. The molecule has 1 amide bonds. The Kier molecular flexibility index (Phi) is 7.80. The molecule has 0 unspecified atom stereocenters. The maximum absolute atomic E-state index is 12.5. The van der Waals surface area contributed by atoms with Gasteiger partial charge in [-0.3, -0.25) is 9.20 Å². The summed E-state index contributed by atoms with van der Waals surface area (Å²) in [6.45, 7) is 4.04. The number of hydrogen-bond acceptors (Lipinski definition) is 4. The van der Waals surface area contributed by atoms with Gasteiger partial charge in [0.05, 0.1) is 27.9 Å². The van der Waals surface area contributed by atoms with E-state index in [9.17, 15) is 4.79 Å². The third-order valence-corrected chi connectivity index (χ3v) is 6.91. The van der Waals surface area contributed by atoms with Gasteiger partial charge in [0.15, 0.2) is 11.4 Å². The highest BCUT2D eigenvalue weighted by Crippen LogP contribution is 2.35. The van der Waals surface area contributed by atoms with E-state index in [-0.39, 0.29) is 19.1 Å². The summed E-state index contributed by atoms with van der Waals surface area (Å²) in [4.78, 5) is 19.2. The van der Waals surface area contributed by atoms with Crippen LogP contribution in [0.15, 0.2) is 35.1 Å². The summed E-state index contributed by atoms with van der Waals surface area (Å²) < 4.78 is 8.77. The van der Waals surface area contributed by atoms with Crippen LogP contribution in [0.25, 0.3) is 5.65 Å². The minimum Gasteiger partial charge on any atom is -0.485 e. The Balaban J connectivity index is 1.82. The minimum atomic E-state index is -0.172. The number of benzene rings is 1. The van der Waals surface area contributed by atoms with Crippen LogP contribution < -0.4 is 15.0 Å². The van der Waals surface area contributed by atoms with Crippen LogP contribution in [0.4, 0.5) is 5.69 Å². The lowest BCUT2D eigenvalue weighted by Crippen LogP contribution is -2.37. The van der Waals surface area contributed by atoms with Crippen molar-refractivity contribution in [1.29, 1.82) is 0 Å². The number of nitrogens with zero attached hydrogens (tertiary/aromatic N) is 3. The number of fused-ring (bicyclic) bond motifs is 1. The average molecular weight is 544 g/mol. The van der Waals surface area contributed by atoms with Crippen molar-refractivity contribution in [2.24, 2.45) is 0 Å². The molecule has 1 aromatic carbocycles. The second-order valence-corrected chi connectivity index (χ2v) is 8.81. The highest BCUT2D eigenvalue weighted by Gasteiger charge is 2.19. The Labute approximate surface area is 204 Å². The molecule has 0 spiro atoms. The predicted octanol–water partition coefficient (Wildman–Crippen LogP) is 5.58. The maximum Gasteiger partial charge on any atom is 0.246 e. The molecular formula is C21H21BrCl2N4O2S. The first-order valence-corrected chi connectivity index (χ1v) is 11.5. The topological polar surface area (TPSA) is 58.9 Å². The number of aromatic nitrogens is 2. The summed E-state index contributed by atoms with van der Waals surface area (Å²) >= 11 is 21.7. The van der Waals surface area contributed by atoms with E-state index in [2.05, 4.69) is 26.2 Å². The van der Waals surface area contributed by atoms with Crippen molar-refractivity contribution >= 4 is 73.6 Å². The van der Waals surface area contributed by atoms with Gasteiger partial charge in [-0.1, -0.05) is 42.3 Å². The smallest absolute Gasteiger partial charge is 0.246 e. The predicted molar refractivity (Wildman–Crippen MR) is 133 cm³/mol. The third-order valence-electron chi connectivity index (χ3n) is 4.75. The van der Waals surface area contributed by atoms with Gasteiger partial charge >= 0.3 is 0 Å². The van der Waals surface area contributed by atoms with Gasteiger partial charge in [0.2, 0.25) is 5.91 Å². The molecule has 0 aliphatic carbocycles. The number of carbonyl (C=O) groups is 1. The van der Waals surface area contributed by atoms with Crippen molar-refractivity contribution < 1.29 is 9.53 Å². The number of imidazole rings is 1. The molecule has 0 aliphatic rings. The summed E-state index contributed by atoms with van der Waals surface area (Å²) in [5, 5.41) is 3.74. The number of aryl methyl sites for hydroxylation is 1. The number of halogens is 3. The summed E-state index contributed by atoms with van der Waals surface area (Å²) in [6, 6.07) is 7.11. The number of nitrogens with one attached hydrogen (secondary N) is 1.